The third kappa shape index (κ3) is 0.916. The molecule has 0 spiro atoms. The summed E-state index contributed by atoms with van der Waals surface area (Å²) in [6.07, 6.45) is 0. The third-order valence-electron chi connectivity index (χ3n) is 0.787. The lowest BCUT2D eigenvalue weighted by Crippen LogP contribution is -1.83. The molecule has 4 nitrogen and oxygen atoms in total. The summed E-state index contributed by atoms with van der Waals surface area (Å²) in [5, 5.41) is 0. The van der Waals surface area contributed by atoms with Gasteiger partial charge in [0.05, 0.1) is 0 Å². The summed E-state index contributed by atoms with van der Waals surface area (Å²) in [6.45, 7) is 3.20. The molecule has 46 valence electrons. The van der Waals surface area contributed by atoms with Gasteiger partial charge in [-0.05, 0) is 0 Å². The van der Waals surface area contributed by atoms with Crippen LogP contribution in [0.4, 0.5) is 0 Å². The predicted molar refractivity (Wildman–Crippen MR) is 26.1 cm³/mol. The van der Waals surface area contributed by atoms with Gasteiger partial charge in [0.2, 0.25) is 0 Å². The van der Waals surface area contributed by atoms with Crippen molar-refractivity contribution >= 4 is 7.60 Å². The van der Waals surface area contributed by atoms with E-state index < -0.39 is 13.4 Å². The summed E-state index contributed by atoms with van der Waals surface area (Å²) in [7, 11) is -4.00. The Morgan fingerprint density at radius 2 is 2.12 bits per heavy atom. The van der Waals surface area contributed by atoms with Gasteiger partial charge >= 0.3 is 7.60 Å². The summed E-state index contributed by atoms with van der Waals surface area (Å²) in [4.78, 5) is 16.5. The van der Waals surface area contributed by atoms with Crippen molar-refractivity contribution in [1.29, 1.82) is 0 Å². The number of rotatable bonds is 1. The van der Waals surface area contributed by atoms with Crippen LogP contribution in [0.25, 0.3) is 0 Å². The van der Waals surface area contributed by atoms with E-state index in [1.165, 1.54) is 0 Å². The molecule has 0 amide bonds. The number of epoxide rings is 1. The van der Waals surface area contributed by atoms with Gasteiger partial charge in [0, 0.05) is 0 Å². The van der Waals surface area contributed by atoms with Crippen LogP contribution in [-0.4, -0.2) is 15.6 Å². The highest BCUT2D eigenvalue weighted by molar-refractivity contribution is 7.53. The number of ether oxygens (including phenoxy) is 1. The Labute approximate surface area is 45.9 Å². The monoisotopic (exact) mass is 136 g/mol. The molecule has 8 heavy (non-hydrogen) atoms. The molecule has 1 aliphatic rings. The lowest BCUT2D eigenvalue weighted by molar-refractivity contribution is 0.340. The largest absolute Gasteiger partial charge is 0.470 e. The first-order valence-electron chi connectivity index (χ1n) is 1.92. The Hall–Kier alpha value is -0.310. The summed E-state index contributed by atoms with van der Waals surface area (Å²) < 4.78 is 14.4. The maximum atomic E-state index is 10.1. The van der Waals surface area contributed by atoms with E-state index in [1.54, 1.807) is 0 Å². The number of hydrogen-bond donors (Lipinski definition) is 2. The van der Waals surface area contributed by atoms with Crippen molar-refractivity contribution in [3.8, 4) is 0 Å². The normalized spacial score (nSPS) is 27.2. The smallest absolute Gasteiger partial charge is 0.373 e. The second-order valence-electron chi connectivity index (χ2n) is 1.53. The first-order valence-corrected chi connectivity index (χ1v) is 3.60. The fraction of sp³-hybridized carbons (Fsp3) is 0.333. The lowest BCUT2D eigenvalue weighted by atomic mass is 10.8. The van der Waals surface area contributed by atoms with Gasteiger partial charge < -0.3 is 14.5 Å². The Morgan fingerprint density at radius 1 is 1.75 bits per heavy atom. The van der Waals surface area contributed by atoms with Crippen molar-refractivity contribution in [1.82, 2.24) is 0 Å². The first-order chi connectivity index (χ1) is 3.52. The minimum absolute atomic E-state index is 0.179. The van der Waals surface area contributed by atoms with Crippen LogP contribution in [0.15, 0.2) is 12.3 Å². The summed E-state index contributed by atoms with van der Waals surface area (Å²) in [5.74, 6) is -0.833. The van der Waals surface area contributed by atoms with E-state index in [2.05, 4.69) is 11.3 Å². The highest BCUT2D eigenvalue weighted by Crippen LogP contribution is 2.54. The first kappa shape index (κ1) is 5.82. The zero-order valence-corrected chi connectivity index (χ0v) is 4.84. The van der Waals surface area contributed by atoms with E-state index in [0.717, 1.165) is 0 Å². The molecule has 0 aliphatic carbocycles. The molecule has 0 aromatic rings. The van der Waals surface area contributed by atoms with E-state index in [9.17, 15) is 4.57 Å². The molecule has 2 N–H and O–H groups in total. The average Bonchev–Trinajstić information content (AvgIpc) is 2.13. The van der Waals surface area contributed by atoms with E-state index in [-0.39, 0.29) is 5.76 Å². The molecule has 1 unspecified atom stereocenters. The van der Waals surface area contributed by atoms with Gasteiger partial charge in [0.1, 0.15) is 5.76 Å². The van der Waals surface area contributed by atoms with Crippen molar-refractivity contribution in [3.63, 3.8) is 0 Å². The Morgan fingerprint density at radius 3 is 2.12 bits per heavy atom. The molecule has 1 heterocycles. The van der Waals surface area contributed by atoms with Gasteiger partial charge in [0.25, 0.3) is 5.85 Å². The SMILES string of the molecule is C=C1OC1P(=O)(O)O. The molecule has 0 saturated carbocycles. The Bertz CT molecular complexity index is 168. The minimum Gasteiger partial charge on any atom is -0.470 e. The zero-order chi connectivity index (χ0) is 6.36. The van der Waals surface area contributed by atoms with Crippen LogP contribution in [-0.2, 0) is 9.30 Å². The van der Waals surface area contributed by atoms with Crippen LogP contribution in [0.5, 0.6) is 0 Å². The Kier molecular flexibility index (Phi) is 0.979. The summed E-state index contributed by atoms with van der Waals surface area (Å²) in [5.41, 5.74) is 0. The van der Waals surface area contributed by atoms with Crippen LogP contribution in [0.3, 0.4) is 0 Å². The molecule has 1 rings (SSSR count). The quantitative estimate of drug-likeness (QED) is 0.394. The van der Waals surface area contributed by atoms with Crippen molar-refractivity contribution in [3.05, 3.63) is 12.3 Å². The third-order valence-corrected chi connectivity index (χ3v) is 1.79. The summed E-state index contributed by atoms with van der Waals surface area (Å²) >= 11 is 0. The topological polar surface area (TPSA) is 70.1 Å². The van der Waals surface area contributed by atoms with Gasteiger partial charge in [0.15, 0.2) is 0 Å². The molecule has 0 bridgehead atoms. The van der Waals surface area contributed by atoms with Crippen molar-refractivity contribution in [2.75, 3.05) is 0 Å². The van der Waals surface area contributed by atoms with Crippen LogP contribution in [0.2, 0.25) is 0 Å². The van der Waals surface area contributed by atoms with Gasteiger partial charge in [-0.3, -0.25) is 4.57 Å². The van der Waals surface area contributed by atoms with Crippen molar-refractivity contribution in [2.45, 2.75) is 5.85 Å². The molecular formula is C3H5O4P. The fourth-order valence-electron chi connectivity index (χ4n) is 0.366. The van der Waals surface area contributed by atoms with E-state index in [4.69, 9.17) is 9.79 Å². The molecule has 0 radical (unpaired) electrons. The Balaban J connectivity index is 2.65. The van der Waals surface area contributed by atoms with E-state index in [0.29, 0.717) is 0 Å². The molecule has 1 saturated heterocycles. The molecule has 5 heteroatoms. The van der Waals surface area contributed by atoms with Crippen LogP contribution < -0.4 is 0 Å². The van der Waals surface area contributed by atoms with Gasteiger partial charge in [-0.25, -0.2) is 0 Å². The van der Waals surface area contributed by atoms with Crippen LogP contribution in [0.1, 0.15) is 0 Å². The summed E-state index contributed by atoms with van der Waals surface area (Å²) in [6, 6.07) is 0. The van der Waals surface area contributed by atoms with Crippen LogP contribution >= 0.6 is 7.60 Å². The van der Waals surface area contributed by atoms with E-state index >= 15 is 0 Å². The standard InChI is InChI=1S/C3H5O4P/c1-2-3(7-2)8(4,5)6/h3H,1H2,(H2,4,5,6). The van der Waals surface area contributed by atoms with Gasteiger partial charge in [-0.2, -0.15) is 0 Å². The molecule has 0 aromatic carbocycles. The van der Waals surface area contributed by atoms with Gasteiger partial charge in [-0.15, -0.1) is 0 Å². The highest BCUT2D eigenvalue weighted by Gasteiger charge is 2.46. The lowest BCUT2D eigenvalue weighted by Gasteiger charge is -1.91. The van der Waals surface area contributed by atoms with Crippen LogP contribution in [0, 0.1) is 0 Å². The van der Waals surface area contributed by atoms with Gasteiger partial charge in [-0.1, -0.05) is 6.58 Å². The highest BCUT2D eigenvalue weighted by atomic mass is 31.2. The molecule has 1 atom stereocenters. The predicted octanol–water partition coefficient (Wildman–Crippen LogP) is 0.0341. The minimum atomic E-state index is -4.00. The van der Waals surface area contributed by atoms with Crippen molar-refractivity contribution < 1.29 is 19.1 Å². The fourth-order valence-corrected chi connectivity index (χ4v) is 1.01. The maximum Gasteiger partial charge on any atom is 0.373 e. The average molecular weight is 136 g/mol. The number of hydrogen-bond acceptors (Lipinski definition) is 2. The molecule has 1 aliphatic heterocycles. The zero-order valence-electron chi connectivity index (χ0n) is 3.94. The van der Waals surface area contributed by atoms with Crippen molar-refractivity contribution in [2.24, 2.45) is 0 Å². The van der Waals surface area contributed by atoms with E-state index in [1.807, 2.05) is 0 Å². The maximum absolute atomic E-state index is 10.1. The molecule has 1 fully saturated rings. The second-order valence-corrected chi connectivity index (χ2v) is 3.17. The molecular weight excluding hydrogens is 131 g/mol. The second kappa shape index (κ2) is 1.35. The molecule has 0 aromatic heterocycles.